The summed E-state index contributed by atoms with van der Waals surface area (Å²) >= 11 is 0. The number of carbonyl (C=O) groups excluding carboxylic acids is 3. The van der Waals surface area contributed by atoms with Crippen LogP contribution in [0.1, 0.15) is 30.7 Å². The van der Waals surface area contributed by atoms with Gasteiger partial charge in [-0.15, -0.1) is 0 Å². The zero-order valence-corrected chi connectivity index (χ0v) is 17.9. The summed E-state index contributed by atoms with van der Waals surface area (Å²) in [5.74, 6) is -1.44. The molecule has 5 heterocycles. The van der Waals surface area contributed by atoms with Gasteiger partial charge in [0.25, 0.3) is 0 Å². The molecule has 2 bridgehead atoms. The number of Topliss-reactive ketones (excluding diaryl/α,β-unsaturated/α-hetero) is 1. The summed E-state index contributed by atoms with van der Waals surface area (Å²) in [6, 6.07) is 10.2. The third-order valence-electron chi connectivity index (χ3n) is 7.57. The Morgan fingerprint density at radius 3 is 2.69 bits per heavy atom. The molecule has 0 aliphatic carbocycles. The minimum atomic E-state index is -0.975. The number of aryl methyl sites for hydroxylation is 1. The molecule has 164 valence electrons. The number of ketones is 1. The summed E-state index contributed by atoms with van der Waals surface area (Å²) in [5, 5.41) is 2.96. The van der Waals surface area contributed by atoms with E-state index in [-0.39, 0.29) is 24.0 Å². The third-order valence-corrected chi connectivity index (χ3v) is 7.57. The van der Waals surface area contributed by atoms with E-state index in [4.69, 9.17) is 9.15 Å². The van der Waals surface area contributed by atoms with Crippen molar-refractivity contribution in [1.82, 2.24) is 4.90 Å². The highest BCUT2D eigenvalue weighted by Gasteiger charge is 2.74. The monoisotopic (exact) mass is 432 g/mol. The van der Waals surface area contributed by atoms with E-state index in [2.05, 4.69) is 5.32 Å². The third kappa shape index (κ3) is 2.48. The zero-order chi connectivity index (χ0) is 22.2. The van der Waals surface area contributed by atoms with Crippen LogP contribution in [0.2, 0.25) is 0 Å². The smallest absolute Gasteiger partial charge is 0.231 e. The molecule has 6 rings (SSSR count). The number of hydrogen-bond acceptors (Lipinski definition) is 5. The molecule has 5 unspecified atom stereocenters. The van der Waals surface area contributed by atoms with Gasteiger partial charge in [0.1, 0.15) is 17.1 Å². The summed E-state index contributed by atoms with van der Waals surface area (Å²) in [5.41, 5.74) is 0.803. The summed E-state index contributed by atoms with van der Waals surface area (Å²) in [4.78, 5) is 41.9. The van der Waals surface area contributed by atoms with Gasteiger partial charge in [0.05, 0.1) is 36.3 Å². The highest BCUT2D eigenvalue weighted by molar-refractivity contribution is 6.00. The number of nitrogens with zero attached hydrogens (tertiary/aromatic N) is 1. The number of nitrogens with one attached hydrogen (secondary N) is 1. The number of benzene rings is 1. The molecular formula is C25H24N2O5. The first-order chi connectivity index (χ1) is 15.4. The van der Waals surface area contributed by atoms with Crippen molar-refractivity contribution in [2.24, 2.45) is 17.8 Å². The van der Waals surface area contributed by atoms with Crippen molar-refractivity contribution in [3.63, 3.8) is 0 Å². The number of anilines is 1. The maximum Gasteiger partial charge on any atom is 0.231 e. The van der Waals surface area contributed by atoms with E-state index in [1.54, 1.807) is 23.3 Å². The molecule has 4 aliphatic rings. The second kappa shape index (κ2) is 6.65. The van der Waals surface area contributed by atoms with E-state index < -0.39 is 41.5 Å². The van der Waals surface area contributed by atoms with Crippen molar-refractivity contribution in [1.29, 1.82) is 0 Å². The molecule has 0 radical (unpaired) electrons. The fourth-order valence-corrected chi connectivity index (χ4v) is 6.13. The molecule has 1 spiro atoms. The Balaban J connectivity index is 1.38. The number of fused-ring (bicyclic) bond motifs is 2. The van der Waals surface area contributed by atoms with Crippen LogP contribution in [-0.2, 0) is 19.1 Å². The van der Waals surface area contributed by atoms with Crippen molar-refractivity contribution in [2.45, 2.75) is 44.1 Å². The molecular weight excluding hydrogens is 408 g/mol. The summed E-state index contributed by atoms with van der Waals surface area (Å²) in [7, 11) is 0. The lowest BCUT2D eigenvalue weighted by atomic mass is 9.70. The van der Waals surface area contributed by atoms with Crippen LogP contribution in [0.3, 0.4) is 0 Å². The fourth-order valence-electron chi connectivity index (χ4n) is 6.13. The van der Waals surface area contributed by atoms with E-state index in [1.807, 2.05) is 50.3 Å². The molecule has 7 nitrogen and oxygen atoms in total. The maximum atomic E-state index is 13.9. The number of furan rings is 1. The van der Waals surface area contributed by atoms with Gasteiger partial charge in [-0.2, -0.15) is 0 Å². The molecule has 1 aromatic carbocycles. The van der Waals surface area contributed by atoms with E-state index in [0.717, 1.165) is 5.56 Å². The van der Waals surface area contributed by atoms with Crippen molar-refractivity contribution in [2.75, 3.05) is 5.32 Å². The lowest BCUT2D eigenvalue weighted by Crippen LogP contribution is -2.55. The number of carbonyl (C=O) groups is 3. The molecule has 1 aromatic heterocycles. The SMILES string of the molecule is Cc1ccc(NC(=O)C2C3C(=O)N4C(c5ccco5)CC(=O)C(C)C4[C@]34C=C[C@@H]2O4)cc1. The molecule has 4 aliphatic heterocycles. The van der Waals surface area contributed by atoms with E-state index in [9.17, 15) is 14.4 Å². The first-order valence-electron chi connectivity index (χ1n) is 11.0. The Labute approximate surface area is 185 Å². The first-order valence-corrected chi connectivity index (χ1v) is 11.0. The number of piperidine rings is 1. The maximum absolute atomic E-state index is 13.9. The standard InChI is InChI=1S/C25H24N2O5/c1-13-5-7-15(8-6-13)26-23(29)20-19-9-10-25(32-19)21(20)24(30)27-16(18-4-3-11-31-18)12-17(28)14(2)22(25)27/h3-11,14,16,19-22H,12H2,1-2H3,(H,26,29)/t14?,16?,19-,20?,21?,22?,25-/m0/s1. The Kier molecular flexibility index (Phi) is 4.05. The van der Waals surface area contributed by atoms with Crippen LogP contribution in [0, 0.1) is 24.7 Å². The highest BCUT2D eigenvalue weighted by atomic mass is 16.5. The van der Waals surface area contributed by atoms with Crippen LogP contribution in [-0.4, -0.2) is 40.2 Å². The molecule has 7 heteroatoms. The van der Waals surface area contributed by atoms with Crippen LogP contribution in [0.15, 0.2) is 59.2 Å². The van der Waals surface area contributed by atoms with Crippen LogP contribution in [0.25, 0.3) is 0 Å². The van der Waals surface area contributed by atoms with Crippen LogP contribution < -0.4 is 5.32 Å². The molecule has 3 fully saturated rings. The summed E-state index contributed by atoms with van der Waals surface area (Å²) < 4.78 is 12.0. The average molecular weight is 432 g/mol. The Morgan fingerprint density at radius 2 is 1.97 bits per heavy atom. The molecule has 2 amide bonds. The molecule has 3 saturated heterocycles. The van der Waals surface area contributed by atoms with Gasteiger partial charge in [-0.25, -0.2) is 0 Å². The van der Waals surface area contributed by atoms with E-state index in [1.165, 1.54) is 0 Å². The number of hydrogen-bond donors (Lipinski definition) is 1. The van der Waals surface area contributed by atoms with Crippen molar-refractivity contribution < 1.29 is 23.5 Å². The summed E-state index contributed by atoms with van der Waals surface area (Å²) in [6.45, 7) is 3.84. The topological polar surface area (TPSA) is 88.9 Å². The number of amides is 2. The summed E-state index contributed by atoms with van der Waals surface area (Å²) in [6.07, 6.45) is 5.05. The van der Waals surface area contributed by atoms with Gasteiger partial charge in [0.2, 0.25) is 11.8 Å². The van der Waals surface area contributed by atoms with Gasteiger partial charge >= 0.3 is 0 Å². The van der Waals surface area contributed by atoms with Crippen LogP contribution >= 0.6 is 0 Å². The van der Waals surface area contributed by atoms with Gasteiger partial charge in [-0.3, -0.25) is 14.4 Å². The zero-order valence-electron chi connectivity index (χ0n) is 17.9. The molecule has 7 atom stereocenters. The lowest BCUT2D eigenvalue weighted by molar-refractivity contribution is -0.147. The van der Waals surface area contributed by atoms with E-state index >= 15 is 0 Å². The molecule has 2 aromatic rings. The van der Waals surface area contributed by atoms with Gasteiger partial charge in [-0.1, -0.05) is 36.8 Å². The molecule has 32 heavy (non-hydrogen) atoms. The van der Waals surface area contributed by atoms with Crippen LogP contribution in [0.5, 0.6) is 0 Å². The average Bonchev–Trinajstić information content (AvgIpc) is 3.54. The van der Waals surface area contributed by atoms with Crippen LogP contribution in [0.4, 0.5) is 5.69 Å². The Bertz CT molecular complexity index is 1140. The second-order valence-electron chi connectivity index (χ2n) is 9.33. The second-order valence-corrected chi connectivity index (χ2v) is 9.33. The normalized spacial score (nSPS) is 37.0. The minimum Gasteiger partial charge on any atom is -0.467 e. The Morgan fingerprint density at radius 1 is 1.19 bits per heavy atom. The first kappa shape index (κ1) is 19.5. The Hall–Kier alpha value is -3.19. The van der Waals surface area contributed by atoms with Crippen molar-refractivity contribution in [3.8, 4) is 0 Å². The van der Waals surface area contributed by atoms with Crippen molar-refractivity contribution >= 4 is 23.3 Å². The van der Waals surface area contributed by atoms with Gasteiger partial charge < -0.3 is 19.4 Å². The van der Waals surface area contributed by atoms with Gasteiger partial charge in [0.15, 0.2) is 0 Å². The molecule has 0 saturated carbocycles. The van der Waals surface area contributed by atoms with E-state index in [0.29, 0.717) is 11.4 Å². The van der Waals surface area contributed by atoms with Crippen molar-refractivity contribution in [3.05, 3.63) is 66.1 Å². The fraction of sp³-hybridized carbons (Fsp3) is 0.400. The van der Waals surface area contributed by atoms with Gasteiger partial charge in [0, 0.05) is 18.0 Å². The quantitative estimate of drug-likeness (QED) is 0.754. The highest BCUT2D eigenvalue weighted by Crippen LogP contribution is 2.59. The predicted molar refractivity (Wildman–Crippen MR) is 114 cm³/mol. The largest absolute Gasteiger partial charge is 0.467 e. The predicted octanol–water partition coefficient (Wildman–Crippen LogP) is 3.03. The number of rotatable bonds is 3. The lowest BCUT2D eigenvalue weighted by Gasteiger charge is -2.43. The number of ether oxygens (including phenoxy) is 1. The van der Waals surface area contributed by atoms with Gasteiger partial charge in [-0.05, 0) is 31.2 Å². The minimum absolute atomic E-state index is 0.0727. The molecule has 1 N–H and O–H groups in total.